The molecule has 8 nitrogen and oxygen atoms in total. The molecule has 1 N–H and O–H groups in total. The summed E-state index contributed by atoms with van der Waals surface area (Å²) in [5, 5.41) is 6.13. The van der Waals surface area contributed by atoms with Crippen molar-refractivity contribution in [3.8, 4) is 0 Å². The molecule has 24 heavy (non-hydrogen) atoms. The van der Waals surface area contributed by atoms with Crippen LogP contribution in [0.2, 0.25) is 0 Å². The van der Waals surface area contributed by atoms with Crippen molar-refractivity contribution in [2.45, 2.75) is 20.5 Å². The minimum absolute atomic E-state index is 0.0912. The van der Waals surface area contributed by atoms with Gasteiger partial charge < -0.3 is 10.1 Å². The van der Waals surface area contributed by atoms with Crippen LogP contribution in [0.25, 0.3) is 4.96 Å². The first-order chi connectivity index (χ1) is 11.4. The Morgan fingerprint density at radius 3 is 2.83 bits per heavy atom. The minimum atomic E-state index is -0.646. The average molecular weight is 364 g/mol. The van der Waals surface area contributed by atoms with E-state index in [0.29, 0.717) is 15.8 Å². The Labute approximate surface area is 143 Å². The lowest BCUT2D eigenvalue weighted by atomic mass is 10.4. The van der Waals surface area contributed by atoms with Gasteiger partial charge in [0.2, 0.25) is 5.91 Å². The predicted molar refractivity (Wildman–Crippen MR) is 89.6 cm³/mol. The Kier molecular flexibility index (Phi) is 4.40. The van der Waals surface area contributed by atoms with Crippen LogP contribution in [-0.2, 0) is 16.1 Å². The molecule has 0 aromatic carbocycles. The summed E-state index contributed by atoms with van der Waals surface area (Å²) in [6, 6.07) is 1.34. The summed E-state index contributed by atoms with van der Waals surface area (Å²) in [5.74, 6) is -0.916. The number of carbonyl (C=O) groups is 2. The molecule has 0 radical (unpaired) electrons. The number of ether oxygens (including phenoxy) is 1. The molecule has 0 saturated heterocycles. The highest BCUT2D eigenvalue weighted by atomic mass is 32.1. The van der Waals surface area contributed by atoms with Crippen LogP contribution in [0.15, 0.2) is 21.6 Å². The monoisotopic (exact) mass is 364 g/mol. The highest BCUT2D eigenvalue weighted by molar-refractivity contribution is 7.15. The van der Waals surface area contributed by atoms with E-state index in [9.17, 15) is 14.4 Å². The standard InChI is InChI=1S/C14H12N4O4S2/c1-7-5-24-14-16-9(3-11(20)18(7)14)4-22-12(21)10-6-23-13(17-10)15-8(2)19/h3,5-6H,4H2,1-2H3,(H,15,17,19). The third-order valence-electron chi connectivity index (χ3n) is 2.98. The molecule has 0 atom stereocenters. The van der Waals surface area contributed by atoms with Gasteiger partial charge in [0.1, 0.15) is 6.61 Å². The Morgan fingerprint density at radius 2 is 2.08 bits per heavy atom. The van der Waals surface area contributed by atoms with Gasteiger partial charge in [-0.05, 0) is 6.92 Å². The largest absolute Gasteiger partial charge is 0.454 e. The van der Waals surface area contributed by atoms with E-state index in [1.165, 1.54) is 34.1 Å². The van der Waals surface area contributed by atoms with Gasteiger partial charge in [-0.2, -0.15) is 0 Å². The number of nitrogens with one attached hydrogen (secondary N) is 1. The summed E-state index contributed by atoms with van der Waals surface area (Å²) in [7, 11) is 0. The summed E-state index contributed by atoms with van der Waals surface area (Å²) in [6.45, 7) is 3.04. The lowest BCUT2D eigenvalue weighted by Gasteiger charge is -2.03. The smallest absolute Gasteiger partial charge is 0.358 e. The van der Waals surface area contributed by atoms with Crippen molar-refractivity contribution in [2.75, 3.05) is 5.32 Å². The fourth-order valence-corrected chi connectivity index (χ4v) is 3.58. The molecule has 1 amide bonds. The summed E-state index contributed by atoms with van der Waals surface area (Å²) in [5.41, 5.74) is 1.05. The molecule has 3 rings (SSSR count). The Morgan fingerprint density at radius 1 is 1.29 bits per heavy atom. The van der Waals surface area contributed by atoms with Crippen molar-refractivity contribution in [3.05, 3.63) is 44.3 Å². The number of carbonyl (C=O) groups excluding carboxylic acids is 2. The lowest BCUT2D eigenvalue weighted by molar-refractivity contribution is -0.114. The summed E-state index contributed by atoms with van der Waals surface area (Å²) in [4.78, 5) is 43.8. The second-order valence-corrected chi connectivity index (χ2v) is 6.57. The quantitative estimate of drug-likeness (QED) is 0.709. The number of aryl methyl sites for hydroxylation is 1. The number of amides is 1. The molecule has 124 valence electrons. The molecular weight excluding hydrogens is 352 g/mol. The van der Waals surface area contributed by atoms with E-state index >= 15 is 0 Å². The Balaban J connectivity index is 1.71. The van der Waals surface area contributed by atoms with Crippen LogP contribution >= 0.6 is 22.7 Å². The van der Waals surface area contributed by atoms with Crippen molar-refractivity contribution < 1.29 is 14.3 Å². The maximum Gasteiger partial charge on any atom is 0.358 e. The number of hydrogen-bond acceptors (Lipinski definition) is 8. The van der Waals surface area contributed by atoms with Gasteiger partial charge in [0.05, 0.1) is 5.69 Å². The normalized spacial score (nSPS) is 10.8. The SMILES string of the molecule is CC(=O)Nc1nc(C(=O)OCc2cc(=O)n3c(C)csc3n2)cs1. The molecule has 0 bridgehead atoms. The Hall–Kier alpha value is -2.59. The van der Waals surface area contributed by atoms with Gasteiger partial charge in [-0.1, -0.05) is 0 Å². The van der Waals surface area contributed by atoms with E-state index in [1.54, 1.807) is 0 Å². The number of nitrogens with zero attached hydrogens (tertiary/aromatic N) is 3. The number of fused-ring (bicyclic) bond motifs is 1. The molecule has 0 spiro atoms. The molecular formula is C14H12N4O4S2. The van der Waals surface area contributed by atoms with Crippen LogP contribution < -0.4 is 10.9 Å². The maximum absolute atomic E-state index is 12.0. The third kappa shape index (κ3) is 3.34. The molecule has 0 aliphatic heterocycles. The first-order valence-electron chi connectivity index (χ1n) is 6.81. The van der Waals surface area contributed by atoms with Crippen molar-refractivity contribution in [2.24, 2.45) is 0 Å². The van der Waals surface area contributed by atoms with E-state index in [1.807, 2.05) is 12.3 Å². The minimum Gasteiger partial charge on any atom is -0.454 e. The topological polar surface area (TPSA) is 103 Å². The van der Waals surface area contributed by atoms with Crippen molar-refractivity contribution in [1.82, 2.24) is 14.4 Å². The highest BCUT2D eigenvalue weighted by Gasteiger charge is 2.14. The van der Waals surface area contributed by atoms with Crippen LogP contribution in [-0.4, -0.2) is 26.2 Å². The number of hydrogen-bond donors (Lipinski definition) is 1. The average Bonchev–Trinajstić information content (AvgIpc) is 3.12. The summed E-state index contributed by atoms with van der Waals surface area (Å²) in [6.07, 6.45) is 0. The van der Waals surface area contributed by atoms with Crippen LogP contribution in [0.4, 0.5) is 5.13 Å². The van der Waals surface area contributed by atoms with E-state index < -0.39 is 5.97 Å². The first kappa shape index (κ1) is 16.3. The van der Waals surface area contributed by atoms with E-state index in [4.69, 9.17) is 4.74 Å². The molecule has 3 aromatic rings. The second-order valence-electron chi connectivity index (χ2n) is 4.88. The second kappa shape index (κ2) is 6.49. The zero-order valence-corrected chi connectivity index (χ0v) is 14.4. The predicted octanol–water partition coefficient (Wildman–Crippen LogP) is 1.84. The zero-order chi connectivity index (χ0) is 17.3. The molecule has 0 aliphatic rings. The van der Waals surface area contributed by atoms with E-state index in [0.717, 1.165) is 17.0 Å². The number of aromatic nitrogens is 3. The molecule has 0 unspecified atom stereocenters. The fraction of sp³-hybridized carbons (Fsp3) is 0.214. The number of thiazole rings is 2. The van der Waals surface area contributed by atoms with Crippen LogP contribution in [0.5, 0.6) is 0 Å². The van der Waals surface area contributed by atoms with E-state index in [-0.39, 0.29) is 23.8 Å². The van der Waals surface area contributed by atoms with Crippen LogP contribution in [0.3, 0.4) is 0 Å². The Bertz CT molecular complexity index is 988. The highest BCUT2D eigenvalue weighted by Crippen LogP contribution is 2.17. The van der Waals surface area contributed by atoms with Gasteiger partial charge in [-0.15, -0.1) is 22.7 Å². The lowest BCUT2D eigenvalue weighted by Crippen LogP contribution is -2.16. The van der Waals surface area contributed by atoms with Gasteiger partial charge in [-0.3, -0.25) is 14.0 Å². The van der Waals surface area contributed by atoms with Gasteiger partial charge in [0, 0.05) is 29.4 Å². The van der Waals surface area contributed by atoms with Gasteiger partial charge in [0.15, 0.2) is 15.8 Å². The molecule has 0 aliphatic carbocycles. The third-order valence-corrected chi connectivity index (χ3v) is 4.68. The maximum atomic E-state index is 12.0. The van der Waals surface area contributed by atoms with Crippen molar-refractivity contribution in [3.63, 3.8) is 0 Å². The summed E-state index contributed by atoms with van der Waals surface area (Å²) >= 11 is 2.47. The number of rotatable bonds is 4. The zero-order valence-electron chi connectivity index (χ0n) is 12.7. The molecule has 10 heteroatoms. The molecule has 0 saturated carbocycles. The van der Waals surface area contributed by atoms with Gasteiger partial charge in [-0.25, -0.2) is 14.8 Å². The van der Waals surface area contributed by atoms with Gasteiger partial charge in [0.25, 0.3) is 5.56 Å². The molecule has 3 aromatic heterocycles. The summed E-state index contributed by atoms with van der Waals surface area (Å²) < 4.78 is 6.63. The number of esters is 1. The van der Waals surface area contributed by atoms with Crippen LogP contribution in [0.1, 0.15) is 28.8 Å². The fourth-order valence-electron chi connectivity index (χ4n) is 1.96. The van der Waals surface area contributed by atoms with Crippen molar-refractivity contribution in [1.29, 1.82) is 0 Å². The molecule has 3 heterocycles. The van der Waals surface area contributed by atoms with Crippen molar-refractivity contribution >= 4 is 44.6 Å². The van der Waals surface area contributed by atoms with Gasteiger partial charge >= 0.3 is 5.97 Å². The van der Waals surface area contributed by atoms with Crippen LogP contribution in [0, 0.1) is 6.92 Å². The first-order valence-corrected chi connectivity index (χ1v) is 8.57. The van der Waals surface area contributed by atoms with E-state index in [2.05, 4.69) is 15.3 Å². The molecule has 0 fully saturated rings. The number of anilines is 1.